The van der Waals surface area contributed by atoms with Crippen molar-refractivity contribution in [2.24, 2.45) is 0 Å². The maximum Gasteiger partial charge on any atom is 0.251 e. The van der Waals surface area contributed by atoms with Crippen molar-refractivity contribution in [3.05, 3.63) is 64.7 Å². The van der Waals surface area contributed by atoms with Gasteiger partial charge in [0.1, 0.15) is 12.3 Å². The lowest BCUT2D eigenvalue weighted by atomic mass is 10.1. The third kappa shape index (κ3) is 4.83. The number of ether oxygens (including phenoxy) is 1. The Morgan fingerprint density at radius 2 is 1.74 bits per heavy atom. The highest BCUT2D eigenvalue weighted by atomic mass is 16.5. The van der Waals surface area contributed by atoms with Gasteiger partial charge >= 0.3 is 0 Å². The zero-order valence-electron chi connectivity index (χ0n) is 14.3. The number of quaternary nitrogens is 1. The molecule has 2 N–H and O–H groups in total. The fourth-order valence-corrected chi connectivity index (χ4v) is 2.43. The fraction of sp³-hybridized carbons (Fsp3) is 0.316. The van der Waals surface area contributed by atoms with Crippen LogP contribution in [0.15, 0.2) is 42.5 Å². The van der Waals surface area contributed by atoms with Gasteiger partial charge in [-0.2, -0.15) is 0 Å². The van der Waals surface area contributed by atoms with E-state index in [4.69, 9.17) is 4.74 Å². The van der Waals surface area contributed by atoms with E-state index in [9.17, 15) is 4.79 Å². The second-order valence-corrected chi connectivity index (χ2v) is 6.07. The highest BCUT2D eigenvalue weighted by molar-refractivity contribution is 5.94. The molecule has 0 radical (unpaired) electrons. The van der Waals surface area contributed by atoms with Crippen LogP contribution in [0.1, 0.15) is 27.0 Å². The van der Waals surface area contributed by atoms with Crippen LogP contribution < -0.4 is 15.0 Å². The Kier molecular flexibility index (Phi) is 5.77. The lowest BCUT2D eigenvalue weighted by molar-refractivity contribution is -0.872. The lowest BCUT2D eigenvalue weighted by Crippen LogP contribution is -3.04. The predicted octanol–water partition coefficient (Wildman–Crippen LogP) is 1.58. The van der Waals surface area contributed by atoms with E-state index in [1.807, 2.05) is 19.1 Å². The summed E-state index contributed by atoms with van der Waals surface area (Å²) >= 11 is 0. The Balaban J connectivity index is 1.96. The minimum atomic E-state index is -0.0925. The van der Waals surface area contributed by atoms with Crippen LogP contribution in [0.5, 0.6) is 5.75 Å². The number of benzene rings is 2. The molecular weight excluding hydrogens is 288 g/mol. The molecule has 0 unspecified atom stereocenters. The predicted molar refractivity (Wildman–Crippen MR) is 91.9 cm³/mol. The van der Waals surface area contributed by atoms with Gasteiger partial charge < -0.3 is 15.0 Å². The summed E-state index contributed by atoms with van der Waals surface area (Å²) in [6.45, 7) is 3.47. The van der Waals surface area contributed by atoms with Crippen LogP contribution in [0.2, 0.25) is 0 Å². The summed E-state index contributed by atoms with van der Waals surface area (Å²) in [7, 11) is 5.87. The first-order chi connectivity index (χ1) is 11.0. The zero-order chi connectivity index (χ0) is 16.8. The van der Waals surface area contributed by atoms with Crippen LogP contribution >= 0.6 is 0 Å². The number of methoxy groups -OCH3 is 1. The minimum absolute atomic E-state index is 0.0925. The first-order valence-corrected chi connectivity index (χ1v) is 7.79. The molecule has 2 aromatic rings. The summed E-state index contributed by atoms with van der Waals surface area (Å²) in [6, 6.07) is 13.8. The third-order valence-electron chi connectivity index (χ3n) is 3.70. The number of aryl methyl sites for hydroxylation is 1. The maximum atomic E-state index is 12.2. The first-order valence-electron chi connectivity index (χ1n) is 7.79. The average molecular weight is 313 g/mol. The number of nitrogens with one attached hydrogen (secondary N) is 2. The number of hydrogen-bond donors (Lipinski definition) is 2. The molecule has 0 spiro atoms. The SMILES string of the molecule is COc1cc(C(=O)NCc2ccc(C[NH+](C)C)cc2)ccc1C. The molecule has 2 aromatic carbocycles. The van der Waals surface area contributed by atoms with Crippen molar-refractivity contribution in [1.29, 1.82) is 0 Å². The van der Waals surface area contributed by atoms with E-state index in [0.29, 0.717) is 12.1 Å². The molecule has 0 aliphatic heterocycles. The molecule has 0 aliphatic rings. The number of rotatable bonds is 6. The first kappa shape index (κ1) is 17.0. The molecule has 2 rings (SSSR count). The summed E-state index contributed by atoms with van der Waals surface area (Å²) in [5, 5.41) is 2.95. The average Bonchev–Trinajstić information content (AvgIpc) is 2.54. The molecular formula is C19H25N2O2+. The van der Waals surface area contributed by atoms with Crippen LogP contribution in [0.4, 0.5) is 0 Å². The molecule has 0 saturated heterocycles. The summed E-state index contributed by atoms with van der Waals surface area (Å²) in [5.74, 6) is 0.637. The van der Waals surface area contributed by atoms with Gasteiger partial charge in [0.05, 0.1) is 21.2 Å². The van der Waals surface area contributed by atoms with E-state index in [-0.39, 0.29) is 5.91 Å². The van der Waals surface area contributed by atoms with Gasteiger partial charge in [-0.25, -0.2) is 0 Å². The zero-order valence-corrected chi connectivity index (χ0v) is 14.3. The maximum absolute atomic E-state index is 12.2. The highest BCUT2D eigenvalue weighted by Crippen LogP contribution is 2.18. The largest absolute Gasteiger partial charge is 0.496 e. The van der Waals surface area contributed by atoms with Gasteiger partial charge in [-0.1, -0.05) is 30.3 Å². The molecule has 0 fully saturated rings. The van der Waals surface area contributed by atoms with Gasteiger partial charge in [0.2, 0.25) is 0 Å². The molecule has 0 aliphatic carbocycles. The highest BCUT2D eigenvalue weighted by Gasteiger charge is 2.08. The molecule has 122 valence electrons. The molecule has 4 nitrogen and oxygen atoms in total. The number of carbonyl (C=O) groups is 1. The topological polar surface area (TPSA) is 42.8 Å². The quantitative estimate of drug-likeness (QED) is 0.850. The molecule has 1 amide bonds. The molecule has 0 saturated carbocycles. The second-order valence-electron chi connectivity index (χ2n) is 6.07. The van der Waals surface area contributed by atoms with Crippen LogP contribution in [-0.4, -0.2) is 27.1 Å². The summed E-state index contributed by atoms with van der Waals surface area (Å²) < 4.78 is 5.26. The van der Waals surface area contributed by atoms with Crippen molar-refractivity contribution < 1.29 is 14.4 Å². The van der Waals surface area contributed by atoms with Crippen LogP contribution in [0.25, 0.3) is 0 Å². The van der Waals surface area contributed by atoms with E-state index in [1.165, 1.54) is 10.5 Å². The van der Waals surface area contributed by atoms with Gasteiger partial charge in [-0.15, -0.1) is 0 Å². The minimum Gasteiger partial charge on any atom is -0.496 e. The van der Waals surface area contributed by atoms with E-state index in [2.05, 4.69) is 43.7 Å². The van der Waals surface area contributed by atoms with Crippen molar-refractivity contribution in [1.82, 2.24) is 5.32 Å². The third-order valence-corrected chi connectivity index (χ3v) is 3.70. The number of amides is 1. The van der Waals surface area contributed by atoms with Gasteiger partial charge in [0, 0.05) is 17.7 Å². The molecule has 0 aromatic heterocycles. The summed E-state index contributed by atoms with van der Waals surface area (Å²) in [6.07, 6.45) is 0. The van der Waals surface area contributed by atoms with Crippen molar-refractivity contribution in [2.75, 3.05) is 21.2 Å². The normalized spacial score (nSPS) is 10.7. The van der Waals surface area contributed by atoms with Gasteiger partial charge in [-0.3, -0.25) is 4.79 Å². The Labute approximate surface area is 138 Å². The fourth-order valence-electron chi connectivity index (χ4n) is 2.43. The molecule has 4 heteroatoms. The van der Waals surface area contributed by atoms with Crippen molar-refractivity contribution >= 4 is 5.91 Å². The molecule has 0 atom stereocenters. The number of hydrogen-bond acceptors (Lipinski definition) is 2. The summed E-state index contributed by atoms with van der Waals surface area (Å²) in [4.78, 5) is 13.6. The van der Waals surface area contributed by atoms with Crippen LogP contribution in [0, 0.1) is 6.92 Å². The van der Waals surface area contributed by atoms with Crippen molar-refractivity contribution in [3.63, 3.8) is 0 Å². The lowest BCUT2D eigenvalue weighted by Gasteiger charge is -2.10. The van der Waals surface area contributed by atoms with Crippen molar-refractivity contribution in [3.8, 4) is 5.75 Å². The van der Waals surface area contributed by atoms with Crippen molar-refractivity contribution in [2.45, 2.75) is 20.0 Å². The van der Waals surface area contributed by atoms with Crippen LogP contribution in [-0.2, 0) is 13.1 Å². The second kappa shape index (κ2) is 7.79. The van der Waals surface area contributed by atoms with Gasteiger partial charge in [0.25, 0.3) is 5.91 Å². The smallest absolute Gasteiger partial charge is 0.251 e. The Morgan fingerprint density at radius 1 is 1.09 bits per heavy atom. The van der Waals surface area contributed by atoms with E-state index < -0.39 is 0 Å². The Bertz CT molecular complexity index is 664. The standard InChI is InChI=1S/C19H24N2O2/c1-14-5-10-17(11-18(14)23-4)19(22)20-12-15-6-8-16(9-7-15)13-21(2)3/h5-11H,12-13H2,1-4H3,(H,20,22)/p+1. The Morgan fingerprint density at radius 3 is 2.35 bits per heavy atom. The molecule has 23 heavy (non-hydrogen) atoms. The molecule has 0 bridgehead atoms. The summed E-state index contributed by atoms with van der Waals surface area (Å²) in [5.41, 5.74) is 4.02. The van der Waals surface area contributed by atoms with E-state index in [0.717, 1.165) is 23.4 Å². The van der Waals surface area contributed by atoms with Crippen LogP contribution in [0.3, 0.4) is 0 Å². The number of carbonyl (C=O) groups excluding carboxylic acids is 1. The Hall–Kier alpha value is -2.33. The van der Waals surface area contributed by atoms with Gasteiger partial charge in [-0.05, 0) is 30.2 Å². The van der Waals surface area contributed by atoms with E-state index in [1.54, 1.807) is 13.2 Å². The van der Waals surface area contributed by atoms with E-state index >= 15 is 0 Å². The monoisotopic (exact) mass is 313 g/mol. The molecule has 0 heterocycles. The van der Waals surface area contributed by atoms with Gasteiger partial charge in [0.15, 0.2) is 0 Å².